The van der Waals surface area contributed by atoms with E-state index in [-0.39, 0.29) is 17.7 Å². The third kappa shape index (κ3) is 4.40. The van der Waals surface area contributed by atoms with E-state index in [1.165, 1.54) is 6.20 Å². The van der Waals surface area contributed by atoms with Crippen molar-refractivity contribution in [3.8, 4) is 5.75 Å². The van der Waals surface area contributed by atoms with Crippen LogP contribution in [-0.2, 0) is 0 Å². The Bertz CT molecular complexity index is 766. The molecule has 2 unspecified atom stereocenters. The zero-order chi connectivity index (χ0) is 18.5. The molecule has 1 aromatic heterocycles. The number of amides is 1. The fourth-order valence-corrected chi connectivity index (χ4v) is 3.02. The number of carbonyl (C=O) groups excluding carboxylic acids is 1. The summed E-state index contributed by atoms with van der Waals surface area (Å²) in [5, 5.41) is 16.2. The van der Waals surface area contributed by atoms with Gasteiger partial charge in [0, 0.05) is 17.9 Å². The van der Waals surface area contributed by atoms with E-state index in [9.17, 15) is 9.90 Å². The summed E-state index contributed by atoms with van der Waals surface area (Å²) in [6.45, 7) is 0. The highest BCUT2D eigenvalue weighted by Gasteiger charge is 2.22. The zero-order valence-electron chi connectivity index (χ0n) is 14.6. The Morgan fingerprint density at radius 1 is 1.31 bits per heavy atom. The maximum Gasteiger partial charge on any atom is 0.254 e. The van der Waals surface area contributed by atoms with Gasteiger partial charge in [0.1, 0.15) is 11.6 Å². The number of rotatable bonds is 6. The standard InChI is InChI=1S/C18H23N5O3/c1-26-14-7-5-11(6-8-14)22-18-20-10-15(16(19)25)17(23-18)21-12-3-2-4-13(24)9-12/h5-8,10,12-13,24H,2-4,9H2,1H3,(H2,19,25)(H2,20,21,22,23). The minimum absolute atomic E-state index is 0.0422. The molecule has 5 N–H and O–H groups in total. The number of primary amides is 1. The largest absolute Gasteiger partial charge is 0.497 e. The molecule has 138 valence electrons. The predicted molar refractivity (Wildman–Crippen MR) is 98.7 cm³/mol. The van der Waals surface area contributed by atoms with Crippen LogP contribution in [0.1, 0.15) is 36.0 Å². The minimum atomic E-state index is -0.597. The van der Waals surface area contributed by atoms with Crippen LogP contribution in [0.15, 0.2) is 30.5 Å². The van der Waals surface area contributed by atoms with Gasteiger partial charge in [-0.1, -0.05) is 0 Å². The summed E-state index contributed by atoms with van der Waals surface area (Å²) in [6.07, 6.45) is 4.31. The highest BCUT2D eigenvalue weighted by Crippen LogP contribution is 2.24. The van der Waals surface area contributed by atoms with Crippen LogP contribution in [0, 0.1) is 0 Å². The van der Waals surface area contributed by atoms with Gasteiger partial charge in [0.15, 0.2) is 0 Å². The van der Waals surface area contributed by atoms with Crippen molar-refractivity contribution in [2.75, 3.05) is 17.7 Å². The Hall–Kier alpha value is -2.87. The first-order valence-corrected chi connectivity index (χ1v) is 8.57. The van der Waals surface area contributed by atoms with Crippen LogP contribution in [0.5, 0.6) is 5.75 Å². The van der Waals surface area contributed by atoms with Crippen molar-refractivity contribution >= 4 is 23.4 Å². The van der Waals surface area contributed by atoms with Crippen LogP contribution >= 0.6 is 0 Å². The average molecular weight is 357 g/mol. The number of nitrogens with two attached hydrogens (primary N) is 1. The molecule has 1 aliphatic rings. The van der Waals surface area contributed by atoms with E-state index >= 15 is 0 Å². The minimum Gasteiger partial charge on any atom is -0.497 e. The van der Waals surface area contributed by atoms with E-state index in [1.54, 1.807) is 7.11 Å². The first-order chi connectivity index (χ1) is 12.5. The molecule has 1 saturated carbocycles. The summed E-state index contributed by atoms with van der Waals surface area (Å²) >= 11 is 0. The SMILES string of the molecule is COc1ccc(Nc2ncc(C(N)=O)c(NC3CCCC(O)C3)n2)cc1. The molecule has 1 aliphatic carbocycles. The maximum absolute atomic E-state index is 11.7. The van der Waals surface area contributed by atoms with Gasteiger partial charge in [0.2, 0.25) is 5.95 Å². The van der Waals surface area contributed by atoms with E-state index in [4.69, 9.17) is 10.5 Å². The number of anilines is 3. The number of aliphatic hydroxyl groups is 1. The summed E-state index contributed by atoms with van der Waals surface area (Å²) in [5.74, 6) is 0.875. The Balaban J connectivity index is 1.79. The molecule has 1 amide bonds. The average Bonchev–Trinajstić information content (AvgIpc) is 2.62. The molecule has 1 fully saturated rings. The maximum atomic E-state index is 11.7. The van der Waals surface area contributed by atoms with Crippen LogP contribution in [0.4, 0.5) is 17.5 Å². The number of methoxy groups -OCH3 is 1. The van der Waals surface area contributed by atoms with Gasteiger partial charge in [0.05, 0.1) is 18.8 Å². The topological polar surface area (TPSA) is 122 Å². The normalized spacial score (nSPS) is 19.6. The lowest BCUT2D eigenvalue weighted by Gasteiger charge is -2.27. The molecule has 1 aromatic carbocycles. The van der Waals surface area contributed by atoms with Gasteiger partial charge in [0.25, 0.3) is 5.91 Å². The molecule has 0 aliphatic heterocycles. The Kier molecular flexibility index (Phi) is 5.52. The van der Waals surface area contributed by atoms with Gasteiger partial charge in [-0.2, -0.15) is 4.98 Å². The number of hydrogen-bond acceptors (Lipinski definition) is 7. The van der Waals surface area contributed by atoms with Crippen molar-refractivity contribution in [2.24, 2.45) is 5.73 Å². The summed E-state index contributed by atoms with van der Waals surface area (Å²) in [5.41, 5.74) is 6.45. The Morgan fingerprint density at radius 3 is 2.73 bits per heavy atom. The van der Waals surface area contributed by atoms with Crippen LogP contribution in [0.3, 0.4) is 0 Å². The van der Waals surface area contributed by atoms with Crippen molar-refractivity contribution in [1.29, 1.82) is 0 Å². The fraction of sp³-hybridized carbons (Fsp3) is 0.389. The number of nitrogens with one attached hydrogen (secondary N) is 2. The second-order valence-electron chi connectivity index (χ2n) is 6.34. The molecule has 26 heavy (non-hydrogen) atoms. The molecule has 0 spiro atoms. The van der Waals surface area contributed by atoms with E-state index < -0.39 is 5.91 Å². The fourth-order valence-electron chi connectivity index (χ4n) is 3.02. The molecule has 2 aromatic rings. The quantitative estimate of drug-likeness (QED) is 0.624. The number of aliphatic hydroxyl groups excluding tert-OH is 1. The van der Waals surface area contributed by atoms with Crippen LogP contribution in [0.2, 0.25) is 0 Å². The van der Waals surface area contributed by atoms with Crippen molar-refractivity contribution in [3.63, 3.8) is 0 Å². The number of carbonyl (C=O) groups is 1. The van der Waals surface area contributed by atoms with Crippen LogP contribution in [0.25, 0.3) is 0 Å². The first kappa shape index (κ1) is 17.9. The Labute approximate surface area is 151 Å². The second-order valence-corrected chi connectivity index (χ2v) is 6.34. The molecular weight excluding hydrogens is 334 g/mol. The molecule has 2 atom stereocenters. The highest BCUT2D eigenvalue weighted by molar-refractivity contribution is 5.97. The smallest absolute Gasteiger partial charge is 0.254 e. The van der Waals surface area contributed by atoms with Crippen molar-refractivity contribution < 1.29 is 14.6 Å². The van der Waals surface area contributed by atoms with Crippen molar-refractivity contribution in [2.45, 2.75) is 37.8 Å². The van der Waals surface area contributed by atoms with Crippen LogP contribution in [-0.4, -0.2) is 40.2 Å². The van der Waals surface area contributed by atoms with Gasteiger partial charge >= 0.3 is 0 Å². The molecular formula is C18H23N5O3. The number of aromatic nitrogens is 2. The number of benzene rings is 1. The third-order valence-electron chi connectivity index (χ3n) is 4.39. The van der Waals surface area contributed by atoms with E-state index in [1.807, 2.05) is 24.3 Å². The molecule has 0 bridgehead atoms. The van der Waals surface area contributed by atoms with E-state index in [0.717, 1.165) is 30.7 Å². The lowest BCUT2D eigenvalue weighted by Crippen LogP contribution is -2.31. The van der Waals surface area contributed by atoms with Crippen LogP contribution < -0.4 is 21.1 Å². The summed E-state index contributed by atoms with van der Waals surface area (Å²) < 4.78 is 5.13. The van der Waals surface area contributed by atoms with Crippen molar-refractivity contribution in [1.82, 2.24) is 9.97 Å². The molecule has 3 rings (SSSR count). The van der Waals surface area contributed by atoms with Gasteiger partial charge in [-0.15, -0.1) is 0 Å². The lowest BCUT2D eigenvalue weighted by atomic mass is 9.93. The van der Waals surface area contributed by atoms with Gasteiger partial charge < -0.3 is 26.2 Å². The number of hydrogen-bond donors (Lipinski definition) is 4. The summed E-state index contributed by atoms with van der Waals surface area (Å²) in [6, 6.07) is 7.37. The summed E-state index contributed by atoms with van der Waals surface area (Å²) in [4.78, 5) is 20.3. The zero-order valence-corrected chi connectivity index (χ0v) is 14.6. The first-order valence-electron chi connectivity index (χ1n) is 8.57. The Morgan fingerprint density at radius 2 is 2.08 bits per heavy atom. The molecule has 0 radical (unpaired) electrons. The van der Waals surface area contributed by atoms with Crippen molar-refractivity contribution in [3.05, 3.63) is 36.0 Å². The van der Waals surface area contributed by atoms with E-state index in [0.29, 0.717) is 18.2 Å². The third-order valence-corrected chi connectivity index (χ3v) is 4.39. The second kappa shape index (κ2) is 8.01. The van der Waals surface area contributed by atoms with E-state index in [2.05, 4.69) is 20.6 Å². The summed E-state index contributed by atoms with van der Waals surface area (Å²) in [7, 11) is 1.61. The van der Waals surface area contributed by atoms with Gasteiger partial charge in [-0.05, 0) is 49.9 Å². The molecule has 1 heterocycles. The van der Waals surface area contributed by atoms with Gasteiger partial charge in [-0.25, -0.2) is 4.98 Å². The number of ether oxygens (including phenoxy) is 1. The number of nitrogens with zero attached hydrogens (tertiary/aromatic N) is 2. The molecule has 0 saturated heterocycles. The van der Waals surface area contributed by atoms with Gasteiger partial charge in [-0.3, -0.25) is 4.79 Å². The lowest BCUT2D eigenvalue weighted by molar-refractivity contribution is 0.100. The molecule has 8 heteroatoms. The monoisotopic (exact) mass is 357 g/mol. The predicted octanol–water partition coefficient (Wildman–Crippen LogP) is 2.04. The highest BCUT2D eigenvalue weighted by atomic mass is 16.5. The molecule has 8 nitrogen and oxygen atoms in total.